The van der Waals surface area contributed by atoms with Crippen molar-refractivity contribution in [3.63, 3.8) is 0 Å². The first-order valence-corrected chi connectivity index (χ1v) is 10.3. The van der Waals surface area contributed by atoms with Gasteiger partial charge in [0.05, 0.1) is 24.5 Å². The summed E-state index contributed by atoms with van der Waals surface area (Å²) in [4.78, 5) is 4.33. The summed E-state index contributed by atoms with van der Waals surface area (Å²) in [6.07, 6.45) is 3.21. The lowest BCUT2D eigenvalue weighted by Crippen LogP contribution is -2.49. The average molecular weight is 379 g/mol. The monoisotopic (exact) mass is 378 g/mol. The zero-order chi connectivity index (χ0) is 19.4. The second-order valence-electron chi connectivity index (χ2n) is 9.26. The van der Waals surface area contributed by atoms with Crippen molar-refractivity contribution in [2.75, 3.05) is 44.2 Å². The number of hydrogen-bond donors (Lipinski definition) is 1. The predicted octanol–water partition coefficient (Wildman–Crippen LogP) is 3.54. The summed E-state index contributed by atoms with van der Waals surface area (Å²) in [5, 5.41) is 10.4. The molecule has 2 fully saturated rings. The van der Waals surface area contributed by atoms with Crippen LogP contribution in [0.25, 0.3) is 0 Å². The van der Waals surface area contributed by atoms with Crippen molar-refractivity contribution in [1.82, 2.24) is 4.90 Å². The van der Waals surface area contributed by atoms with Crippen LogP contribution in [0, 0.1) is 17.2 Å². The van der Waals surface area contributed by atoms with Crippen LogP contribution in [0.2, 0.25) is 0 Å². The molecule has 4 nitrogen and oxygen atoms in total. The van der Waals surface area contributed by atoms with Gasteiger partial charge in [-0.3, -0.25) is 4.90 Å². The summed E-state index contributed by atoms with van der Waals surface area (Å²) in [5.74, 6) is 0.520. The van der Waals surface area contributed by atoms with Gasteiger partial charge in [0.15, 0.2) is 0 Å². The van der Waals surface area contributed by atoms with E-state index in [0.29, 0.717) is 30.2 Å². The van der Waals surface area contributed by atoms with E-state index in [9.17, 15) is 9.50 Å². The van der Waals surface area contributed by atoms with Crippen molar-refractivity contribution in [3.05, 3.63) is 30.1 Å². The number of nitrogens with zero attached hydrogens (tertiary/aromatic N) is 2. The van der Waals surface area contributed by atoms with Crippen molar-refractivity contribution in [3.8, 4) is 0 Å². The van der Waals surface area contributed by atoms with Crippen LogP contribution in [0.1, 0.15) is 40.0 Å². The summed E-state index contributed by atoms with van der Waals surface area (Å²) >= 11 is 0. The molecule has 152 valence electrons. The molecule has 1 aromatic carbocycles. The highest BCUT2D eigenvalue weighted by atomic mass is 19.1. The minimum Gasteiger partial charge on any atom is -0.389 e. The molecule has 3 atom stereocenters. The molecule has 0 radical (unpaired) electrons. The first-order valence-electron chi connectivity index (χ1n) is 10.3. The molecule has 0 bridgehead atoms. The van der Waals surface area contributed by atoms with Crippen LogP contribution in [-0.4, -0.2) is 61.5 Å². The van der Waals surface area contributed by atoms with Gasteiger partial charge in [-0.1, -0.05) is 32.9 Å². The summed E-state index contributed by atoms with van der Waals surface area (Å²) in [6.45, 7) is 11.2. The molecule has 1 aliphatic carbocycles. The van der Waals surface area contributed by atoms with E-state index in [1.54, 1.807) is 6.07 Å². The zero-order valence-corrected chi connectivity index (χ0v) is 17.0. The minimum atomic E-state index is -0.467. The molecule has 27 heavy (non-hydrogen) atoms. The van der Waals surface area contributed by atoms with Crippen LogP contribution >= 0.6 is 0 Å². The number of β-amino-alcohol motifs (C(OH)–C–C–N with tert-alkyl or cyclic N) is 1. The number of aliphatic hydroxyl groups is 1. The standard InChI is InChI=1S/C22H35FN2O2/c1-17-12-19(14-22(2,3)13-17)27-16-18(26)15-24-8-10-25(11-9-24)21-7-5-4-6-20(21)23/h4-7,17-19,26H,8-16H2,1-3H3/t17-,18+,19+/m0/s1. The van der Waals surface area contributed by atoms with E-state index in [1.165, 1.54) is 12.5 Å². The number of halogens is 1. The predicted molar refractivity (Wildman–Crippen MR) is 108 cm³/mol. The lowest BCUT2D eigenvalue weighted by Gasteiger charge is -2.39. The SMILES string of the molecule is C[C@H]1C[C@@H](OC[C@H](O)CN2CCN(c3ccccc3F)CC2)CC(C)(C)C1. The molecule has 1 N–H and O–H groups in total. The molecule has 3 rings (SSSR count). The molecular formula is C22H35FN2O2. The van der Waals surface area contributed by atoms with Gasteiger partial charge in [-0.15, -0.1) is 0 Å². The Morgan fingerprint density at radius 2 is 1.89 bits per heavy atom. The largest absolute Gasteiger partial charge is 0.389 e. The number of aliphatic hydroxyl groups excluding tert-OH is 1. The fourth-order valence-electron chi connectivity index (χ4n) is 4.86. The number of benzene rings is 1. The van der Waals surface area contributed by atoms with E-state index in [-0.39, 0.29) is 11.9 Å². The molecular weight excluding hydrogens is 343 g/mol. The molecule has 1 saturated carbocycles. The molecule has 5 heteroatoms. The van der Waals surface area contributed by atoms with E-state index in [0.717, 1.165) is 39.0 Å². The summed E-state index contributed by atoms with van der Waals surface area (Å²) in [5.41, 5.74) is 1.01. The maximum Gasteiger partial charge on any atom is 0.146 e. The second-order valence-corrected chi connectivity index (χ2v) is 9.26. The number of ether oxygens (including phenoxy) is 1. The highest BCUT2D eigenvalue weighted by Crippen LogP contribution is 2.39. The normalized spacial score (nSPS) is 27.5. The van der Waals surface area contributed by atoms with E-state index in [2.05, 4.69) is 30.6 Å². The summed E-state index contributed by atoms with van der Waals surface area (Å²) in [7, 11) is 0. The van der Waals surface area contributed by atoms with Gasteiger partial charge in [-0.25, -0.2) is 4.39 Å². The molecule has 1 aliphatic heterocycles. The minimum absolute atomic E-state index is 0.163. The fraction of sp³-hybridized carbons (Fsp3) is 0.727. The summed E-state index contributed by atoms with van der Waals surface area (Å²) < 4.78 is 20.0. The quantitative estimate of drug-likeness (QED) is 0.821. The van der Waals surface area contributed by atoms with Crippen molar-refractivity contribution < 1.29 is 14.2 Å². The van der Waals surface area contributed by atoms with Crippen LogP contribution in [0.15, 0.2) is 24.3 Å². The maximum absolute atomic E-state index is 13.9. The van der Waals surface area contributed by atoms with Gasteiger partial charge >= 0.3 is 0 Å². The number of para-hydroxylation sites is 1. The van der Waals surface area contributed by atoms with Crippen LogP contribution in [0.3, 0.4) is 0 Å². The molecule has 1 heterocycles. The van der Waals surface area contributed by atoms with Crippen LogP contribution in [0.5, 0.6) is 0 Å². The molecule has 2 aliphatic rings. The zero-order valence-electron chi connectivity index (χ0n) is 17.0. The van der Waals surface area contributed by atoms with Crippen molar-refractivity contribution >= 4 is 5.69 Å². The molecule has 1 saturated heterocycles. The average Bonchev–Trinajstić information content (AvgIpc) is 2.60. The highest BCUT2D eigenvalue weighted by molar-refractivity contribution is 5.47. The van der Waals surface area contributed by atoms with E-state index >= 15 is 0 Å². The molecule has 0 spiro atoms. The lowest BCUT2D eigenvalue weighted by molar-refractivity contribution is -0.0615. The Bertz CT molecular complexity index is 602. The van der Waals surface area contributed by atoms with E-state index < -0.39 is 6.10 Å². The fourth-order valence-corrected chi connectivity index (χ4v) is 4.86. The Hall–Kier alpha value is -1.17. The van der Waals surface area contributed by atoms with Crippen molar-refractivity contribution in [2.24, 2.45) is 11.3 Å². The lowest BCUT2D eigenvalue weighted by atomic mass is 9.71. The molecule has 0 aromatic heterocycles. The number of rotatable bonds is 6. The molecule has 1 aromatic rings. The van der Waals surface area contributed by atoms with Crippen LogP contribution in [0.4, 0.5) is 10.1 Å². The third kappa shape index (κ3) is 5.90. The highest BCUT2D eigenvalue weighted by Gasteiger charge is 2.33. The Morgan fingerprint density at radius 3 is 2.56 bits per heavy atom. The van der Waals surface area contributed by atoms with Crippen LogP contribution in [-0.2, 0) is 4.74 Å². The molecule has 0 unspecified atom stereocenters. The number of hydrogen-bond acceptors (Lipinski definition) is 4. The number of anilines is 1. The first kappa shape index (κ1) is 20.6. The van der Waals surface area contributed by atoms with Crippen LogP contribution < -0.4 is 4.90 Å². The van der Waals surface area contributed by atoms with Gasteiger partial charge in [0.25, 0.3) is 0 Å². The van der Waals surface area contributed by atoms with E-state index in [1.807, 2.05) is 12.1 Å². The third-order valence-corrected chi connectivity index (χ3v) is 5.91. The van der Waals surface area contributed by atoms with Gasteiger partial charge in [-0.05, 0) is 42.7 Å². The van der Waals surface area contributed by atoms with Gasteiger partial charge in [0, 0.05) is 32.7 Å². The van der Waals surface area contributed by atoms with E-state index in [4.69, 9.17) is 4.74 Å². The van der Waals surface area contributed by atoms with Gasteiger partial charge in [0.1, 0.15) is 5.82 Å². The Balaban J connectivity index is 1.39. The molecule has 0 amide bonds. The smallest absolute Gasteiger partial charge is 0.146 e. The Morgan fingerprint density at radius 1 is 1.19 bits per heavy atom. The first-order chi connectivity index (χ1) is 12.8. The summed E-state index contributed by atoms with van der Waals surface area (Å²) in [6, 6.07) is 6.94. The van der Waals surface area contributed by atoms with Gasteiger partial charge in [0.2, 0.25) is 0 Å². The van der Waals surface area contributed by atoms with Crippen molar-refractivity contribution in [2.45, 2.75) is 52.2 Å². The third-order valence-electron chi connectivity index (χ3n) is 5.91. The Kier molecular flexibility index (Phi) is 6.77. The number of piperazine rings is 1. The van der Waals surface area contributed by atoms with Gasteiger partial charge in [-0.2, -0.15) is 0 Å². The second kappa shape index (κ2) is 8.89. The van der Waals surface area contributed by atoms with Crippen molar-refractivity contribution in [1.29, 1.82) is 0 Å². The topological polar surface area (TPSA) is 35.9 Å². The maximum atomic E-state index is 13.9. The van der Waals surface area contributed by atoms with Gasteiger partial charge < -0.3 is 14.7 Å². The Labute approximate surface area is 163 Å².